The fraction of sp³-hybridized carbons (Fsp3) is 0.767. The van der Waals surface area contributed by atoms with Crippen LogP contribution in [-0.4, -0.2) is 52.8 Å². The van der Waals surface area contributed by atoms with Gasteiger partial charge in [-0.3, -0.25) is 14.4 Å². The number of fused-ring (bicyclic) bond motifs is 3. The van der Waals surface area contributed by atoms with Gasteiger partial charge in [0.2, 0.25) is 0 Å². The van der Waals surface area contributed by atoms with Gasteiger partial charge < -0.3 is 23.7 Å². The number of ether oxygens (including phenoxy) is 3. The van der Waals surface area contributed by atoms with E-state index in [0.717, 1.165) is 18.4 Å². The van der Waals surface area contributed by atoms with Crippen LogP contribution in [0.5, 0.6) is 0 Å². The van der Waals surface area contributed by atoms with Crippen molar-refractivity contribution in [1.29, 1.82) is 0 Å². The zero-order chi connectivity index (χ0) is 27.6. The maximum Gasteiger partial charge on any atom is 0.302 e. The highest BCUT2D eigenvalue weighted by molar-refractivity contribution is 5.98. The predicted molar refractivity (Wildman–Crippen MR) is 135 cm³/mol. The van der Waals surface area contributed by atoms with Gasteiger partial charge in [-0.2, -0.15) is 0 Å². The molecule has 2 heterocycles. The number of carbonyl (C=O) groups is 3. The van der Waals surface area contributed by atoms with Crippen molar-refractivity contribution < 1.29 is 38.1 Å². The molecule has 4 saturated carbocycles. The standard InChI is InChI=1S/C30H40O8/c1-15(31)36-21-13-20(33)26(3,4)19-12-22(37-16(2)32)29(7)18(28(19,21)6)8-10-27(5)23(17-9-11-35-14-17)24(34)25-30(27,29)38-25/h9,11,14,18-23,25,33H,8,10,12-13H2,1-7H3/t18-,19-,20-,21-,22+,23-,25+,27+,28+,29+,30+/m0/s1. The van der Waals surface area contributed by atoms with Gasteiger partial charge in [0.1, 0.15) is 23.9 Å². The molecule has 8 heteroatoms. The molecule has 0 amide bonds. The van der Waals surface area contributed by atoms with Crippen LogP contribution in [0.2, 0.25) is 0 Å². The molecule has 5 fully saturated rings. The molecule has 11 atom stereocenters. The number of aliphatic hydroxyl groups excluding tert-OH is 1. The Morgan fingerprint density at radius 3 is 2.26 bits per heavy atom. The Morgan fingerprint density at radius 1 is 1.00 bits per heavy atom. The molecule has 4 aliphatic carbocycles. The Kier molecular flexibility index (Phi) is 5.29. The van der Waals surface area contributed by atoms with Crippen molar-refractivity contribution in [2.75, 3.05) is 0 Å². The minimum atomic E-state index is -0.822. The average molecular weight is 529 g/mol. The van der Waals surface area contributed by atoms with Gasteiger partial charge in [0, 0.05) is 42.1 Å². The molecule has 1 aromatic rings. The van der Waals surface area contributed by atoms with Crippen LogP contribution >= 0.6 is 0 Å². The van der Waals surface area contributed by atoms with Gasteiger partial charge in [-0.1, -0.05) is 34.6 Å². The minimum absolute atomic E-state index is 0.0561. The summed E-state index contributed by atoms with van der Waals surface area (Å²) in [6, 6.07) is 1.87. The maximum atomic E-state index is 13.9. The van der Waals surface area contributed by atoms with E-state index >= 15 is 0 Å². The molecule has 0 bridgehead atoms. The van der Waals surface area contributed by atoms with Crippen molar-refractivity contribution in [3.05, 3.63) is 24.2 Å². The van der Waals surface area contributed by atoms with Crippen LogP contribution in [0.25, 0.3) is 0 Å². The summed E-state index contributed by atoms with van der Waals surface area (Å²) < 4.78 is 24.1. The molecule has 0 radical (unpaired) electrons. The van der Waals surface area contributed by atoms with E-state index in [-0.39, 0.29) is 35.5 Å². The second kappa shape index (κ2) is 7.72. The second-order valence-corrected chi connectivity index (χ2v) is 13.8. The molecule has 6 rings (SSSR count). The zero-order valence-corrected chi connectivity index (χ0v) is 23.4. The Hall–Kier alpha value is -2.19. The molecule has 1 aromatic heterocycles. The molecule has 1 aliphatic heterocycles. The SMILES string of the molecule is CC(=O)O[C@H]1C[C@H](O)C(C)(C)[C@@H]2C[C@@H](OC(C)=O)[C@@]3(C)[C@@H](CC[C@]4(C)[C@@H](c5ccoc5)C(=O)[C@H]5O[C@@]534)[C@@]12C. The predicted octanol–water partition coefficient (Wildman–Crippen LogP) is 4.19. The van der Waals surface area contributed by atoms with E-state index in [2.05, 4.69) is 34.6 Å². The molecule has 0 aromatic carbocycles. The average Bonchev–Trinajstić information content (AvgIpc) is 3.30. The number of furan rings is 1. The minimum Gasteiger partial charge on any atom is -0.472 e. The fourth-order valence-corrected chi connectivity index (χ4v) is 10.5. The van der Waals surface area contributed by atoms with Crippen molar-refractivity contribution in [3.8, 4) is 0 Å². The van der Waals surface area contributed by atoms with Gasteiger partial charge in [0.15, 0.2) is 5.78 Å². The fourth-order valence-electron chi connectivity index (χ4n) is 10.5. The first-order chi connectivity index (χ1) is 17.7. The number of ketones is 1. The van der Waals surface area contributed by atoms with Crippen LogP contribution in [0.3, 0.4) is 0 Å². The third kappa shape index (κ3) is 2.81. The largest absolute Gasteiger partial charge is 0.472 e. The highest BCUT2D eigenvalue weighted by Crippen LogP contribution is 2.82. The monoisotopic (exact) mass is 528 g/mol. The molecule has 5 aliphatic rings. The van der Waals surface area contributed by atoms with Gasteiger partial charge in [-0.25, -0.2) is 0 Å². The molecule has 208 valence electrons. The summed E-state index contributed by atoms with van der Waals surface area (Å²) in [5.74, 6) is -1.23. The first kappa shape index (κ1) is 26.1. The van der Waals surface area contributed by atoms with Gasteiger partial charge in [-0.15, -0.1) is 0 Å². The lowest BCUT2D eigenvalue weighted by Crippen LogP contribution is -2.74. The van der Waals surface area contributed by atoms with E-state index in [4.69, 9.17) is 18.6 Å². The van der Waals surface area contributed by atoms with E-state index in [1.54, 1.807) is 12.5 Å². The lowest BCUT2D eigenvalue weighted by Gasteiger charge is -2.70. The quantitative estimate of drug-likeness (QED) is 0.459. The van der Waals surface area contributed by atoms with Gasteiger partial charge in [0.05, 0.1) is 24.5 Å². The van der Waals surface area contributed by atoms with E-state index in [1.165, 1.54) is 13.8 Å². The molecule has 0 unspecified atom stereocenters. The van der Waals surface area contributed by atoms with Gasteiger partial charge in [-0.05, 0) is 42.6 Å². The number of hydrogen-bond acceptors (Lipinski definition) is 8. The molecule has 1 spiro atoms. The molecular weight excluding hydrogens is 488 g/mol. The molecule has 1 saturated heterocycles. The van der Waals surface area contributed by atoms with Crippen LogP contribution in [0.4, 0.5) is 0 Å². The number of hydrogen-bond donors (Lipinski definition) is 1. The lowest BCUT2D eigenvalue weighted by molar-refractivity contribution is -0.288. The van der Waals surface area contributed by atoms with E-state index in [1.807, 2.05) is 6.07 Å². The smallest absolute Gasteiger partial charge is 0.302 e. The van der Waals surface area contributed by atoms with Crippen molar-refractivity contribution >= 4 is 17.7 Å². The lowest BCUT2D eigenvalue weighted by atomic mass is 9.35. The van der Waals surface area contributed by atoms with E-state index < -0.39 is 51.7 Å². The van der Waals surface area contributed by atoms with E-state index in [9.17, 15) is 19.5 Å². The number of rotatable bonds is 3. The third-order valence-electron chi connectivity index (χ3n) is 12.1. The first-order valence-corrected chi connectivity index (χ1v) is 13.9. The van der Waals surface area contributed by atoms with Gasteiger partial charge in [0.25, 0.3) is 0 Å². The topological polar surface area (TPSA) is 116 Å². The van der Waals surface area contributed by atoms with Gasteiger partial charge >= 0.3 is 11.9 Å². The van der Waals surface area contributed by atoms with Crippen LogP contribution in [0.15, 0.2) is 23.0 Å². The van der Waals surface area contributed by atoms with Crippen molar-refractivity contribution in [1.82, 2.24) is 0 Å². The summed E-state index contributed by atoms with van der Waals surface area (Å²) in [6.45, 7) is 13.4. The third-order valence-corrected chi connectivity index (χ3v) is 12.1. The highest BCUT2D eigenvalue weighted by Gasteiger charge is 2.90. The van der Waals surface area contributed by atoms with E-state index in [0.29, 0.717) is 12.8 Å². The van der Waals surface area contributed by atoms with Crippen molar-refractivity contribution in [2.24, 2.45) is 33.5 Å². The Labute approximate surface area is 223 Å². The highest BCUT2D eigenvalue weighted by atomic mass is 16.6. The van der Waals surface area contributed by atoms with Crippen LogP contribution in [0.1, 0.15) is 85.6 Å². The zero-order valence-electron chi connectivity index (χ0n) is 23.4. The Balaban J connectivity index is 1.54. The normalized spacial score (nSPS) is 50.2. The summed E-state index contributed by atoms with van der Waals surface area (Å²) in [4.78, 5) is 38.8. The summed E-state index contributed by atoms with van der Waals surface area (Å²) in [5, 5.41) is 11.3. The Bertz CT molecular complexity index is 1190. The molecular formula is C30H40O8. The number of carbonyl (C=O) groups excluding carboxylic acids is 3. The molecule has 1 N–H and O–H groups in total. The van der Waals surface area contributed by atoms with Crippen molar-refractivity contribution in [3.63, 3.8) is 0 Å². The molecule has 38 heavy (non-hydrogen) atoms. The van der Waals surface area contributed by atoms with Crippen LogP contribution < -0.4 is 0 Å². The second-order valence-electron chi connectivity index (χ2n) is 13.8. The number of aliphatic hydroxyl groups is 1. The van der Waals surface area contributed by atoms with Crippen LogP contribution in [0, 0.1) is 33.5 Å². The maximum absolute atomic E-state index is 13.9. The Morgan fingerprint density at radius 2 is 1.66 bits per heavy atom. The number of esters is 2. The summed E-state index contributed by atoms with van der Waals surface area (Å²) in [6.07, 6.45) is 3.28. The van der Waals surface area contributed by atoms with Crippen LogP contribution in [-0.2, 0) is 28.6 Å². The first-order valence-electron chi connectivity index (χ1n) is 13.9. The number of epoxide rings is 1. The molecule has 8 nitrogen and oxygen atoms in total. The van der Waals surface area contributed by atoms with Crippen molar-refractivity contribution in [2.45, 2.75) is 110 Å². The summed E-state index contributed by atoms with van der Waals surface area (Å²) >= 11 is 0. The number of Topliss-reactive ketones (excluding diaryl/α,β-unsaturated/α-hetero) is 1. The summed E-state index contributed by atoms with van der Waals surface area (Å²) in [7, 11) is 0. The summed E-state index contributed by atoms with van der Waals surface area (Å²) in [5.41, 5.74) is -2.23.